The molecule has 0 aliphatic carbocycles. The highest BCUT2D eigenvalue weighted by Gasteiger charge is 2.18. The molecule has 1 saturated heterocycles. The van der Waals surface area contributed by atoms with Crippen LogP contribution in [0.25, 0.3) is 0 Å². The molecule has 1 aliphatic rings. The molecule has 1 unspecified atom stereocenters. The first-order chi connectivity index (χ1) is 11.1. The van der Waals surface area contributed by atoms with E-state index in [4.69, 9.17) is 23.2 Å². The molecule has 24 heavy (non-hydrogen) atoms. The molecule has 1 amide bonds. The highest BCUT2D eigenvalue weighted by atomic mass is 35.5. The van der Waals surface area contributed by atoms with E-state index in [1.807, 2.05) is 0 Å². The number of hydrogen-bond acceptors (Lipinski definition) is 3. The third-order valence-electron chi connectivity index (χ3n) is 4.03. The maximum atomic E-state index is 12.3. The Morgan fingerprint density at radius 1 is 1.42 bits per heavy atom. The zero-order chi connectivity index (χ0) is 16.7. The molecule has 1 aliphatic heterocycles. The van der Waals surface area contributed by atoms with Crippen LogP contribution in [-0.2, 0) is 4.79 Å². The van der Waals surface area contributed by atoms with Gasteiger partial charge >= 0.3 is 0 Å². The number of carbonyl (C=O) groups excluding carboxylic acids is 1. The van der Waals surface area contributed by atoms with Gasteiger partial charge in [0, 0.05) is 11.6 Å². The summed E-state index contributed by atoms with van der Waals surface area (Å²) in [5.41, 5.74) is 0.608. The minimum atomic E-state index is -0.0357. The van der Waals surface area contributed by atoms with Crippen LogP contribution >= 0.6 is 35.6 Å². The fourth-order valence-electron chi connectivity index (χ4n) is 2.98. The van der Waals surface area contributed by atoms with Crippen molar-refractivity contribution in [1.29, 1.82) is 0 Å². The van der Waals surface area contributed by atoms with Gasteiger partial charge in [0.15, 0.2) is 0 Å². The van der Waals surface area contributed by atoms with E-state index >= 15 is 0 Å². The van der Waals surface area contributed by atoms with Gasteiger partial charge in [-0.05, 0) is 63.0 Å². The third-order valence-corrected chi connectivity index (χ3v) is 4.58. The van der Waals surface area contributed by atoms with Crippen LogP contribution in [-0.4, -0.2) is 43.5 Å². The summed E-state index contributed by atoms with van der Waals surface area (Å²) in [6.45, 7) is 6.58. The Labute approximate surface area is 160 Å². The molecule has 0 radical (unpaired) electrons. The summed E-state index contributed by atoms with van der Waals surface area (Å²) in [6.07, 6.45) is 3.49. The second kappa shape index (κ2) is 11.2. The van der Waals surface area contributed by atoms with E-state index in [1.165, 1.54) is 12.8 Å². The van der Waals surface area contributed by atoms with E-state index in [1.54, 1.807) is 18.2 Å². The van der Waals surface area contributed by atoms with Crippen LogP contribution in [0, 0.1) is 5.92 Å². The standard InChI is InChI=1S/C17H25Cl2N3O.ClH/c1-2-8-22(11-13-4-3-7-20-10-13)12-17(23)21-16-6-5-14(18)9-15(16)19;/h5-6,9,13,20H,2-4,7-8,10-12H2,1H3,(H,21,23);1H. The lowest BCUT2D eigenvalue weighted by Gasteiger charge is -2.29. The molecule has 2 N–H and O–H groups in total. The number of nitrogens with one attached hydrogen (secondary N) is 2. The molecule has 1 atom stereocenters. The van der Waals surface area contributed by atoms with Crippen molar-refractivity contribution in [2.24, 2.45) is 5.92 Å². The fourth-order valence-corrected chi connectivity index (χ4v) is 3.44. The van der Waals surface area contributed by atoms with Crippen LogP contribution < -0.4 is 10.6 Å². The van der Waals surface area contributed by atoms with E-state index in [0.717, 1.165) is 32.6 Å². The van der Waals surface area contributed by atoms with Gasteiger partial charge in [-0.3, -0.25) is 9.69 Å². The Kier molecular flexibility index (Phi) is 10.0. The van der Waals surface area contributed by atoms with Gasteiger partial charge in [0.1, 0.15) is 0 Å². The molecular weight excluding hydrogens is 369 g/mol. The average Bonchev–Trinajstić information content (AvgIpc) is 2.51. The van der Waals surface area contributed by atoms with E-state index in [9.17, 15) is 4.79 Å². The number of amides is 1. The lowest BCUT2D eigenvalue weighted by atomic mass is 9.99. The number of halogens is 3. The van der Waals surface area contributed by atoms with Crippen LogP contribution in [0.2, 0.25) is 10.0 Å². The van der Waals surface area contributed by atoms with Gasteiger partial charge in [-0.25, -0.2) is 0 Å². The molecule has 4 nitrogen and oxygen atoms in total. The van der Waals surface area contributed by atoms with Gasteiger partial charge < -0.3 is 10.6 Å². The van der Waals surface area contributed by atoms with Crippen LogP contribution in [0.15, 0.2) is 18.2 Å². The second-order valence-corrected chi connectivity index (χ2v) is 6.96. The zero-order valence-electron chi connectivity index (χ0n) is 14.0. The molecular formula is C17H26Cl3N3O. The van der Waals surface area contributed by atoms with E-state index in [0.29, 0.717) is 28.2 Å². The summed E-state index contributed by atoms with van der Waals surface area (Å²) in [5.74, 6) is 0.591. The number of hydrogen-bond donors (Lipinski definition) is 2. The Bertz CT molecular complexity index is 522. The van der Waals surface area contributed by atoms with E-state index < -0.39 is 0 Å². The van der Waals surface area contributed by atoms with E-state index in [2.05, 4.69) is 22.5 Å². The molecule has 0 spiro atoms. The maximum absolute atomic E-state index is 12.3. The molecule has 7 heteroatoms. The van der Waals surface area contributed by atoms with Crippen molar-refractivity contribution in [1.82, 2.24) is 10.2 Å². The molecule has 1 heterocycles. The Morgan fingerprint density at radius 2 is 2.21 bits per heavy atom. The molecule has 0 bridgehead atoms. The number of nitrogens with zero attached hydrogens (tertiary/aromatic N) is 1. The number of benzene rings is 1. The summed E-state index contributed by atoms with van der Waals surface area (Å²) in [5, 5.41) is 7.33. The topological polar surface area (TPSA) is 44.4 Å². The molecule has 0 saturated carbocycles. The van der Waals surface area contributed by atoms with Gasteiger partial charge in [0.25, 0.3) is 0 Å². The molecule has 1 aromatic carbocycles. The summed E-state index contributed by atoms with van der Waals surface area (Å²) in [4.78, 5) is 14.5. The van der Waals surface area contributed by atoms with Crippen LogP contribution in [0.4, 0.5) is 5.69 Å². The minimum Gasteiger partial charge on any atom is -0.324 e. The van der Waals surface area contributed by atoms with Crippen LogP contribution in [0.5, 0.6) is 0 Å². The predicted octanol–water partition coefficient (Wildman–Crippen LogP) is 4.07. The normalized spacial score (nSPS) is 17.4. The van der Waals surface area contributed by atoms with Crippen molar-refractivity contribution in [2.45, 2.75) is 26.2 Å². The zero-order valence-corrected chi connectivity index (χ0v) is 16.3. The first-order valence-electron chi connectivity index (χ1n) is 8.26. The second-order valence-electron chi connectivity index (χ2n) is 6.12. The van der Waals surface area contributed by atoms with E-state index in [-0.39, 0.29) is 18.3 Å². The smallest absolute Gasteiger partial charge is 0.238 e. The Balaban J connectivity index is 0.00000288. The molecule has 1 fully saturated rings. The third kappa shape index (κ3) is 7.16. The summed E-state index contributed by atoms with van der Waals surface area (Å²) in [7, 11) is 0. The van der Waals surface area contributed by atoms with Crippen molar-refractivity contribution < 1.29 is 4.79 Å². The first-order valence-corrected chi connectivity index (χ1v) is 9.02. The molecule has 2 rings (SSSR count). The lowest BCUT2D eigenvalue weighted by Crippen LogP contribution is -2.41. The predicted molar refractivity (Wildman–Crippen MR) is 105 cm³/mol. The van der Waals surface area contributed by atoms with Crippen LogP contribution in [0.1, 0.15) is 26.2 Å². The monoisotopic (exact) mass is 393 g/mol. The van der Waals surface area contributed by atoms with Gasteiger partial charge in [0.2, 0.25) is 5.91 Å². The molecule has 0 aromatic heterocycles. The number of rotatable bonds is 7. The number of carbonyl (C=O) groups is 1. The SMILES string of the molecule is CCCN(CC(=O)Nc1ccc(Cl)cc1Cl)CC1CCCNC1.Cl. The van der Waals surface area contributed by atoms with Gasteiger partial charge in [-0.2, -0.15) is 0 Å². The summed E-state index contributed by atoms with van der Waals surface area (Å²) >= 11 is 12.0. The number of anilines is 1. The molecule has 136 valence electrons. The van der Waals surface area contributed by atoms with Crippen molar-refractivity contribution in [3.8, 4) is 0 Å². The molecule has 1 aromatic rings. The number of piperidine rings is 1. The van der Waals surface area contributed by atoms with Crippen molar-refractivity contribution in [3.05, 3.63) is 28.2 Å². The van der Waals surface area contributed by atoms with Crippen molar-refractivity contribution in [3.63, 3.8) is 0 Å². The quantitative estimate of drug-likeness (QED) is 0.733. The lowest BCUT2D eigenvalue weighted by molar-refractivity contribution is -0.117. The first kappa shape index (κ1) is 21.5. The van der Waals surface area contributed by atoms with Crippen LogP contribution in [0.3, 0.4) is 0 Å². The van der Waals surface area contributed by atoms with Crippen molar-refractivity contribution >= 4 is 47.2 Å². The van der Waals surface area contributed by atoms with Gasteiger partial charge in [-0.1, -0.05) is 30.1 Å². The average molecular weight is 395 g/mol. The largest absolute Gasteiger partial charge is 0.324 e. The van der Waals surface area contributed by atoms with Crippen molar-refractivity contribution in [2.75, 3.05) is 38.0 Å². The van der Waals surface area contributed by atoms with Gasteiger partial charge in [0.05, 0.1) is 17.3 Å². The highest BCUT2D eigenvalue weighted by molar-refractivity contribution is 6.36. The summed E-state index contributed by atoms with van der Waals surface area (Å²) in [6, 6.07) is 5.09. The Hall–Kier alpha value is -0.520. The fraction of sp³-hybridized carbons (Fsp3) is 0.588. The summed E-state index contributed by atoms with van der Waals surface area (Å²) < 4.78 is 0. The highest BCUT2D eigenvalue weighted by Crippen LogP contribution is 2.25. The minimum absolute atomic E-state index is 0. The van der Waals surface area contributed by atoms with Gasteiger partial charge in [-0.15, -0.1) is 12.4 Å². The Morgan fingerprint density at radius 3 is 2.83 bits per heavy atom. The maximum Gasteiger partial charge on any atom is 0.238 e.